The fourth-order valence-corrected chi connectivity index (χ4v) is 6.41. The van der Waals surface area contributed by atoms with Crippen molar-refractivity contribution in [3.05, 3.63) is 89.2 Å². The molecule has 3 aromatic rings. The molecule has 2 saturated heterocycles. The maximum atomic E-state index is 14.0. The highest BCUT2D eigenvalue weighted by Gasteiger charge is 2.49. The van der Waals surface area contributed by atoms with Crippen molar-refractivity contribution in [1.29, 1.82) is 0 Å². The molecule has 1 N–H and O–H groups in total. The number of nitrogens with zero attached hydrogens (tertiary/aromatic N) is 1. The van der Waals surface area contributed by atoms with Crippen LogP contribution in [0.25, 0.3) is 11.1 Å². The Morgan fingerprint density at radius 1 is 1.03 bits per heavy atom. The molecule has 0 saturated carbocycles. The Morgan fingerprint density at radius 3 is 2.27 bits per heavy atom. The molecular formula is C30H30FNO5. The first-order valence-corrected chi connectivity index (χ1v) is 12.7. The first kappa shape index (κ1) is 23.9. The lowest BCUT2D eigenvalue weighted by atomic mass is 9.77. The zero-order valence-corrected chi connectivity index (χ0v) is 20.7. The fourth-order valence-electron chi connectivity index (χ4n) is 6.41. The van der Waals surface area contributed by atoms with E-state index in [1.165, 1.54) is 41.5 Å². The van der Waals surface area contributed by atoms with Crippen molar-refractivity contribution in [1.82, 2.24) is 4.90 Å². The second-order valence-electron chi connectivity index (χ2n) is 10.4. The van der Waals surface area contributed by atoms with E-state index in [2.05, 4.69) is 24.3 Å². The number of carbonyl (C=O) groups is 1. The lowest BCUT2D eigenvalue weighted by Gasteiger charge is -2.51. The number of amides is 1. The standard InChI is InChI=1S/C30H30FNO5/c1-35-23-11-19(10-20(31)12-23)13-30(34)14-21-16-36-17-22(15-30)32(21)29(33)37-18-28-26-8-4-2-6-24(26)25-7-3-5-9-27(25)28/h2-12,21-22,28,34H,13-18H2,1H3. The van der Waals surface area contributed by atoms with Gasteiger partial charge in [0.2, 0.25) is 0 Å². The molecule has 2 atom stereocenters. The van der Waals surface area contributed by atoms with Crippen LogP contribution in [-0.2, 0) is 15.9 Å². The average Bonchev–Trinajstić information content (AvgIpc) is 3.20. The van der Waals surface area contributed by atoms with Gasteiger partial charge < -0.3 is 19.3 Å². The monoisotopic (exact) mass is 503 g/mol. The van der Waals surface area contributed by atoms with E-state index >= 15 is 0 Å². The molecule has 7 heteroatoms. The quantitative estimate of drug-likeness (QED) is 0.535. The van der Waals surface area contributed by atoms with Crippen LogP contribution in [0.2, 0.25) is 0 Å². The Hall–Kier alpha value is -3.42. The van der Waals surface area contributed by atoms with Gasteiger partial charge in [0.15, 0.2) is 0 Å². The molecule has 0 radical (unpaired) electrons. The Kier molecular flexibility index (Phi) is 6.13. The maximum absolute atomic E-state index is 14.0. The molecule has 2 aliphatic heterocycles. The van der Waals surface area contributed by atoms with E-state index in [0.29, 0.717) is 37.4 Å². The van der Waals surface area contributed by atoms with Gasteiger partial charge in [0.1, 0.15) is 18.2 Å². The van der Waals surface area contributed by atoms with Gasteiger partial charge in [-0.15, -0.1) is 0 Å². The Morgan fingerprint density at radius 2 is 1.65 bits per heavy atom. The number of halogens is 1. The SMILES string of the molecule is COc1cc(F)cc(CC2(O)CC3COCC(C2)N3C(=O)OCC2c3ccccc3-c3ccccc32)c1. The number of aliphatic hydroxyl groups is 1. The number of morpholine rings is 1. The van der Waals surface area contributed by atoms with Crippen LogP contribution in [0, 0.1) is 5.82 Å². The summed E-state index contributed by atoms with van der Waals surface area (Å²) in [4.78, 5) is 15.1. The topological polar surface area (TPSA) is 68.2 Å². The molecule has 37 heavy (non-hydrogen) atoms. The van der Waals surface area contributed by atoms with Crippen molar-refractivity contribution in [2.24, 2.45) is 0 Å². The van der Waals surface area contributed by atoms with Crippen LogP contribution in [0.3, 0.4) is 0 Å². The minimum atomic E-state index is -1.09. The third kappa shape index (κ3) is 4.47. The van der Waals surface area contributed by atoms with Crippen LogP contribution < -0.4 is 4.74 Å². The van der Waals surface area contributed by atoms with Gasteiger partial charge in [-0.25, -0.2) is 9.18 Å². The second kappa shape index (κ2) is 9.47. The van der Waals surface area contributed by atoms with E-state index in [-0.39, 0.29) is 37.1 Å². The Balaban J connectivity index is 1.17. The number of methoxy groups -OCH3 is 1. The summed E-state index contributed by atoms with van der Waals surface area (Å²) < 4.78 is 30.9. The van der Waals surface area contributed by atoms with Crippen LogP contribution in [-0.4, -0.2) is 60.7 Å². The maximum Gasteiger partial charge on any atom is 0.410 e. The number of hydrogen-bond acceptors (Lipinski definition) is 5. The van der Waals surface area contributed by atoms with Crippen LogP contribution in [0.15, 0.2) is 66.7 Å². The summed E-state index contributed by atoms with van der Waals surface area (Å²) in [5.74, 6) is -0.00660. The van der Waals surface area contributed by atoms with Gasteiger partial charge in [-0.2, -0.15) is 0 Å². The Labute approximate surface area is 215 Å². The number of fused-ring (bicyclic) bond motifs is 5. The molecule has 2 heterocycles. The molecular weight excluding hydrogens is 473 g/mol. The van der Waals surface area contributed by atoms with Gasteiger partial charge in [0.25, 0.3) is 0 Å². The zero-order chi connectivity index (χ0) is 25.6. The predicted molar refractivity (Wildman–Crippen MR) is 136 cm³/mol. The zero-order valence-electron chi connectivity index (χ0n) is 20.7. The second-order valence-corrected chi connectivity index (χ2v) is 10.4. The van der Waals surface area contributed by atoms with Crippen LogP contribution in [0.5, 0.6) is 5.75 Å². The van der Waals surface area contributed by atoms with E-state index in [0.717, 1.165) is 0 Å². The van der Waals surface area contributed by atoms with Gasteiger partial charge in [0, 0.05) is 18.4 Å². The fraction of sp³-hybridized carbons (Fsp3) is 0.367. The van der Waals surface area contributed by atoms with Crippen molar-refractivity contribution >= 4 is 6.09 Å². The predicted octanol–water partition coefficient (Wildman–Crippen LogP) is 4.92. The largest absolute Gasteiger partial charge is 0.497 e. The summed E-state index contributed by atoms with van der Waals surface area (Å²) >= 11 is 0. The molecule has 1 amide bonds. The van der Waals surface area contributed by atoms with Crippen molar-refractivity contribution in [3.8, 4) is 16.9 Å². The van der Waals surface area contributed by atoms with Gasteiger partial charge in [-0.1, -0.05) is 48.5 Å². The minimum Gasteiger partial charge on any atom is -0.497 e. The summed E-state index contributed by atoms with van der Waals surface area (Å²) in [6, 6.07) is 20.3. The Bertz CT molecular complexity index is 1270. The number of rotatable bonds is 5. The molecule has 6 rings (SSSR count). The number of benzene rings is 3. The number of piperidine rings is 1. The highest BCUT2D eigenvalue weighted by molar-refractivity contribution is 5.79. The molecule has 3 aromatic carbocycles. The molecule has 2 fully saturated rings. The highest BCUT2D eigenvalue weighted by Crippen LogP contribution is 2.45. The molecule has 3 aliphatic rings. The third-order valence-corrected chi connectivity index (χ3v) is 7.89. The molecule has 0 aromatic heterocycles. The normalized spacial score (nSPS) is 24.4. The highest BCUT2D eigenvalue weighted by atomic mass is 19.1. The first-order valence-electron chi connectivity index (χ1n) is 12.7. The van der Waals surface area contributed by atoms with Crippen LogP contribution in [0.4, 0.5) is 9.18 Å². The number of hydrogen-bond donors (Lipinski definition) is 1. The van der Waals surface area contributed by atoms with Crippen molar-refractivity contribution in [2.45, 2.75) is 42.9 Å². The van der Waals surface area contributed by atoms with E-state index in [4.69, 9.17) is 14.2 Å². The average molecular weight is 504 g/mol. The summed E-state index contributed by atoms with van der Waals surface area (Å²) in [5.41, 5.74) is 4.27. The van der Waals surface area contributed by atoms with Crippen molar-refractivity contribution in [3.63, 3.8) is 0 Å². The summed E-state index contributed by atoms with van der Waals surface area (Å²) in [5, 5.41) is 11.5. The van der Waals surface area contributed by atoms with E-state index in [1.807, 2.05) is 24.3 Å². The van der Waals surface area contributed by atoms with Gasteiger partial charge in [-0.05, 0) is 52.8 Å². The molecule has 2 bridgehead atoms. The molecule has 0 spiro atoms. The summed E-state index contributed by atoms with van der Waals surface area (Å²) in [7, 11) is 1.49. The summed E-state index contributed by atoms with van der Waals surface area (Å²) in [6.07, 6.45) is 0.542. The molecule has 6 nitrogen and oxygen atoms in total. The van der Waals surface area contributed by atoms with E-state index in [1.54, 1.807) is 11.0 Å². The minimum absolute atomic E-state index is 0.0166. The van der Waals surface area contributed by atoms with E-state index in [9.17, 15) is 14.3 Å². The van der Waals surface area contributed by atoms with Crippen LogP contribution in [0.1, 0.15) is 35.4 Å². The van der Waals surface area contributed by atoms with Crippen molar-refractivity contribution < 1.29 is 28.5 Å². The molecule has 2 unspecified atom stereocenters. The van der Waals surface area contributed by atoms with E-state index < -0.39 is 11.4 Å². The van der Waals surface area contributed by atoms with Crippen molar-refractivity contribution in [2.75, 3.05) is 26.9 Å². The summed E-state index contributed by atoms with van der Waals surface area (Å²) in [6.45, 7) is 0.905. The lowest BCUT2D eigenvalue weighted by Crippen LogP contribution is -2.64. The van der Waals surface area contributed by atoms with Gasteiger partial charge >= 0.3 is 6.09 Å². The van der Waals surface area contributed by atoms with Gasteiger partial charge in [0.05, 0.1) is 38.0 Å². The molecule has 192 valence electrons. The third-order valence-electron chi connectivity index (χ3n) is 7.89. The van der Waals surface area contributed by atoms with Crippen LogP contribution >= 0.6 is 0 Å². The number of ether oxygens (including phenoxy) is 3. The lowest BCUT2D eigenvalue weighted by molar-refractivity contribution is -0.132. The molecule has 1 aliphatic carbocycles. The number of carbonyl (C=O) groups excluding carboxylic acids is 1. The first-order chi connectivity index (χ1) is 17.9. The van der Waals surface area contributed by atoms with Gasteiger partial charge in [-0.3, -0.25) is 4.90 Å². The smallest absolute Gasteiger partial charge is 0.410 e.